The molecule has 154 valence electrons. The summed E-state index contributed by atoms with van der Waals surface area (Å²) in [4.78, 5) is 23.4. The van der Waals surface area contributed by atoms with E-state index < -0.39 is 30.1 Å². The normalized spacial score (nSPS) is 11.5. The van der Waals surface area contributed by atoms with Gasteiger partial charge in [0, 0.05) is 27.7 Å². The molecule has 0 aliphatic carbocycles. The van der Waals surface area contributed by atoms with Crippen LogP contribution in [0.15, 0.2) is 53.0 Å². The van der Waals surface area contributed by atoms with E-state index in [0.717, 1.165) is 6.08 Å². The Morgan fingerprint density at radius 2 is 1.97 bits per heavy atom. The molecule has 10 heteroatoms. The summed E-state index contributed by atoms with van der Waals surface area (Å²) < 4.78 is 44.8. The van der Waals surface area contributed by atoms with Crippen LogP contribution in [0.4, 0.5) is 18.9 Å². The number of halogens is 4. The van der Waals surface area contributed by atoms with Gasteiger partial charge in [0.2, 0.25) is 5.91 Å². The average Bonchev–Trinajstić information content (AvgIpc) is 2.65. The first-order chi connectivity index (χ1) is 13.6. The summed E-state index contributed by atoms with van der Waals surface area (Å²) in [5, 5.41) is 11.1. The fourth-order valence-electron chi connectivity index (χ4n) is 2.56. The molecule has 0 unspecified atom stereocenters. The number of ether oxygens (including phenoxy) is 1. The van der Waals surface area contributed by atoms with Crippen LogP contribution in [0.5, 0.6) is 5.75 Å². The molecule has 2 aromatic rings. The highest BCUT2D eigenvalue weighted by Crippen LogP contribution is 2.26. The van der Waals surface area contributed by atoms with E-state index >= 15 is 0 Å². The minimum absolute atomic E-state index is 0.00327. The van der Waals surface area contributed by atoms with E-state index in [1.54, 1.807) is 18.2 Å². The Hall–Kier alpha value is -2.88. The van der Waals surface area contributed by atoms with Gasteiger partial charge >= 0.3 is 6.18 Å². The van der Waals surface area contributed by atoms with Gasteiger partial charge in [0.1, 0.15) is 12.3 Å². The predicted octanol–water partition coefficient (Wildman–Crippen LogP) is 4.97. The third kappa shape index (κ3) is 6.60. The van der Waals surface area contributed by atoms with Crippen molar-refractivity contribution in [3.8, 4) is 5.75 Å². The number of amides is 1. The third-order valence-corrected chi connectivity index (χ3v) is 4.32. The molecule has 0 radical (unpaired) electrons. The highest BCUT2D eigenvalue weighted by Gasteiger charge is 2.33. The van der Waals surface area contributed by atoms with Crippen LogP contribution in [-0.4, -0.2) is 35.6 Å². The first-order valence-electron chi connectivity index (χ1n) is 8.20. The molecule has 0 bridgehead atoms. The molecule has 0 aromatic heterocycles. The van der Waals surface area contributed by atoms with E-state index in [-0.39, 0.29) is 11.3 Å². The Kier molecular flexibility index (Phi) is 7.38. The van der Waals surface area contributed by atoms with Gasteiger partial charge in [-0.05, 0) is 24.3 Å². The molecule has 0 spiro atoms. The Bertz CT molecular complexity index is 932. The van der Waals surface area contributed by atoms with Crippen LogP contribution in [0.25, 0.3) is 6.08 Å². The van der Waals surface area contributed by atoms with Crippen molar-refractivity contribution < 1.29 is 27.6 Å². The lowest BCUT2D eigenvalue weighted by Gasteiger charge is -2.22. The van der Waals surface area contributed by atoms with Gasteiger partial charge in [0.15, 0.2) is 0 Å². The van der Waals surface area contributed by atoms with Crippen molar-refractivity contribution in [2.45, 2.75) is 12.7 Å². The molecule has 0 fully saturated rings. The van der Waals surface area contributed by atoms with E-state index in [1.165, 1.54) is 37.5 Å². The lowest BCUT2D eigenvalue weighted by atomic mass is 10.1. The average molecular weight is 473 g/mol. The standard InChI is InChI=1S/C19H16BrF3N2O4/c1-29-17-8-7-15(20)10-13(17)6-9-18(26)24(12-19(21,22)23)11-14-4-2-3-5-16(14)25(27)28/h2-10H,11-12H2,1H3/b9-6+. The zero-order valence-corrected chi connectivity index (χ0v) is 16.7. The first kappa shape index (κ1) is 22.4. The summed E-state index contributed by atoms with van der Waals surface area (Å²) in [5.41, 5.74) is 0.126. The number of para-hydroxylation sites is 1. The van der Waals surface area contributed by atoms with Gasteiger partial charge in [-0.2, -0.15) is 13.2 Å². The number of methoxy groups -OCH3 is 1. The van der Waals surface area contributed by atoms with Crippen molar-refractivity contribution in [1.29, 1.82) is 0 Å². The van der Waals surface area contributed by atoms with Crippen molar-refractivity contribution in [2.24, 2.45) is 0 Å². The third-order valence-electron chi connectivity index (χ3n) is 3.83. The number of rotatable bonds is 7. The van der Waals surface area contributed by atoms with Gasteiger partial charge < -0.3 is 9.64 Å². The molecule has 0 atom stereocenters. The minimum Gasteiger partial charge on any atom is -0.496 e. The van der Waals surface area contributed by atoms with Crippen LogP contribution < -0.4 is 4.74 Å². The molecule has 0 aliphatic rings. The number of hydrogen-bond donors (Lipinski definition) is 0. The van der Waals surface area contributed by atoms with Gasteiger partial charge in [-0.25, -0.2) is 0 Å². The van der Waals surface area contributed by atoms with E-state index in [1.807, 2.05) is 0 Å². The Morgan fingerprint density at radius 1 is 1.28 bits per heavy atom. The molecule has 6 nitrogen and oxygen atoms in total. The van der Waals surface area contributed by atoms with E-state index in [0.29, 0.717) is 20.7 Å². The maximum absolute atomic E-state index is 13.0. The molecule has 0 heterocycles. The maximum Gasteiger partial charge on any atom is 0.406 e. The van der Waals surface area contributed by atoms with Crippen LogP contribution in [0.1, 0.15) is 11.1 Å². The second-order valence-electron chi connectivity index (χ2n) is 5.91. The van der Waals surface area contributed by atoms with Gasteiger partial charge in [0.05, 0.1) is 18.6 Å². The molecule has 1 amide bonds. The van der Waals surface area contributed by atoms with Crippen molar-refractivity contribution in [3.63, 3.8) is 0 Å². The molecule has 2 aromatic carbocycles. The molecule has 0 saturated heterocycles. The van der Waals surface area contributed by atoms with Gasteiger partial charge in [0.25, 0.3) is 5.69 Å². The molecule has 0 saturated carbocycles. The van der Waals surface area contributed by atoms with E-state index in [2.05, 4.69) is 15.9 Å². The van der Waals surface area contributed by atoms with Crippen LogP contribution in [0.3, 0.4) is 0 Å². The van der Waals surface area contributed by atoms with Crippen molar-refractivity contribution in [2.75, 3.05) is 13.7 Å². The Morgan fingerprint density at radius 3 is 2.59 bits per heavy atom. The van der Waals surface area contributed by atoms with Crippen molar-refractivity contribution in [3.05, 3.63) is 74.3 Å². The monoisotopic (exact) mass is 472 g/mol. The lowest BCUT2D eigenvalue weighted by Crippen LogP contribution is -2.37. The largest absolute Gasteiger partial charge is 0.496 e. The van der Waals surface area contributed by atoms with Gasteiger partial charge in [-0.3, -0.25) is 14.9 Å². The summed E-state index contributed by atoms with van der Waals surface area (Å²) in [6.07, 6.45) is -2.36. The first-order valence-corrected chi connectivity index (χ1v) is 8.99. The second-order valence-corrected chi connectivity index (χ2v) is 6.83. The molecule has 29 heavy (non-hydrogen) atoms. The number of benzene rings is 2. The quantitative estimate of drug-likeness (QED) is 0.324. The summed E-state index contributed by atoms with van der Waals surface area (Å²) >= 11 is 3.27. The van der Waals surface area contributed by atoms with Gasteiger partial charge in [-0.1, -0.05) is 34.1 Å². The highest BCUT2D eigenvalue weighted by molar-refractivity contribution is 9.10. The van der Waals surface area contributed by atoms with Gasteiger partial charge in [-0.15, -0.1) is 0 Å². The number of nitrogens with zero attached hydrogens (tertiary/aromatic N) is 2. The molecular formula is C19H16BrF3N2O4. The van der Waals surface area contributed by atoms with Crippen LogP contribution >= 0.6 is 15.9 Å². The van der Waals surface area contributed by atoms with E-state index in [4.69, 9.17) is 4.74 Å². The van der Waals surface area contributed by atoms with Crippen molar-refractivity contribution >= 4 is 33.6 Å². The summed E-state index contributed by atoms with van der Waals surface area (Å²) in [6, 6.07) is 10.3. The number of alkyl halides is 3. The van der Waals surface area contributed by atoms with E-state index in [9.17, 15) is 28.1 Å². The summed E-state index contributed by atoms with van der Waals surface area (Å²) in [7, 11) is 1.42. The number of carbonyl (C=O) groups excluding carboxylic acids is 1. The van der Waals surface area contributed by atoms with Crippen molar-refractivity contribution in [1.82, 2.24) is 4.90 Å². The summed E-state index contributed by atoms with van der Waals surface area (Å²) in [5.74, 6) is -0.513. The highest BCUT2D eigenvalue weighted by atomic mass is 79.9. The SMILES string of the molecule is COc1ccc(Br)cc1/C=C/C(=O)N(Cc1ccccc1[N+](=O)[O-])CC(F)(F)F. The number of carbonyl (C=O) groups is 1. The smallest absolute Gasteiger partial charge is 0.406 e. The van der Waals surface area contributed by atoms with Crippen LogP contribution in [0.2, 0.25) is 0 Å². The molecular weight excluding hydrogens is 457 g/mol. The van der Waals surface area contributed by atoms with Crippen LogP contribution in [0, 0.1) is 10.1 Å². The molecule has 0 aliphatic heterocycles. The lowest BCUT2D eigenvalue weighted by molar-refractivity contribution is -0.385. The Balaban J connectivity index is 2.32. The maximum atomic E-state index is 13.0. The Labute approximate surface area is 172 Å². The predicted molar refractivity (Wildman–Crippen MR) is 104 cm³/mol. The number of hydrogen-bond acceptors (Lipinski definition) is 4. The molecule has 0 N–H and O–H groups in total. The minimum atomic E-state index is -4.67. The number of nitro benzene ring substituents is 1. The fourth-order valence-corrected chi connectivity index (χ4v) is 2.94. The van der Waals surface area contributed by atoms with Crippen LogP contribution in [-0.2, 0) is 11.3 Å². The zero-order valence-electron chi connectivity index (χ0n) is 15.1. The molecule has 2 rings (SSSR count). The topological polar surface area (TPSA) is 72.7 Å². The fraction of sp³-hybridized carbons (Fsp3) is 0.211. The zero-order chi connectivity index (χ0) is 21.6. The number of nitro groups is 1. The summed E-state index contributed by atoms with van der Waals surface area (Å²) in [6.45, 7) is -2.10. The second kappa shape index (κ2) is 9.55.